The van der Waals surface area contributed by atoms with Crippen molar-refractivity contribution in [3.8, 4) is 17.2 Å². The molecule has 2 rings (SSSR count). The molecule has 0 unspecified atom stereocenters. The number of rotatable bonds is 3. The molecule has 0 aliphatic rings. The zero-order valence-electron chi connectivity index (χ0n) is 10.3. The van der Waals surface area contributed by atoms with Crippen LogP contribution < -0.4 is 5.32 Å². The fourth-order valence-electron chi connectivity index (χ4n) is 1.97. The lowest BCUT2D eigenvalue weighted by atomic mass is 10.0. The Balaban J connectivity index is 2.52. The molecule has 0 aliphatic heterocycles. The summed E-state index contributed by atoms with van der Waals surface area (Å²) in [7, 11) is 0. The number of halogens is 1. The average Bonchev–Trinajstić information content (AvgIpc) is 2.75. The summed E-state index contributed by atoms with van der Waals surface area (Å²) in [6.07, 6.45) is 0. The number of anilines is 1. The molecule has 5 heteroatoms. The second-order valence-corrected chi connectivity index (χ2v) is 4.30. The summed E-state index contributed by atoms with van der Waals surface area (Å²) < 4.78 is 0. The van der Waals surface area contributed by atoms with Crippen molar-refractivity contribution in [2.45, 2.75) is 6.92 Å². The lowest BCUT2D eigenvalue weighted by Crippen LogP contribution is -2.13. The molecule has 1 amide bonds. The van der Waals surface area contributed by atoms with Crippen LogP contribution in [0, 0.1) is 18.3 Å². The minimum Gasteiger partial charge on any atom is -0.344 e. The van der Waals surface area contributed by atoms with Crippen molar-refractivity contribution < 1.29 is 4.79 Å². The van der Waals surface area contributed by atoms with Crippen LogP contribution in [0.1, 0.15) is 11.3 Å². The summed E-state index contributed by atoms with van der Waals surface area (Å²) in [6.45, 7) is 1.86. The first-order chi connectivity index (χ1) is 9.17. The summed E-state index contributed by atoms with van der Waals surface area (Å²) >= 11 is 5.45. The van der Waals surface area contributed by atoms with Crippen molar-refractivity contribution in [1.29, 1.82) is 5.26 Å². The first-order valence-electron chi connectivity index (χ1n) is 5.71. The van der Waals surface area contributed by atoms with Gasteiger partial charge in [-0.2, -0.15) is 5.26 Å². The van der Waals surface area contributed by atoms with Gasteiger partial charge in [-0.05, 0) is 12.5 Å². The number of benzene rings is 1. The van der Waals surface area contributed by atoms with Gasteiger partial charge < -0.3 is 10.3 Å². The SMILES string of the molecule is Cc1[nH]c(NC(=O)CCl)c(C#N)c1-c1ccccc1. The Morgan fingerprint density at radius 3 is 2.68 bits per heavy atom. The number of aryl methyl sites for hydroxylation is 1. The zero-order valence-corrected chi connectivity index (χ0v) is 11.1. The molecule has 0 radical (unpaired) electrons. The molecule has 0 atom stereocenters. The predicted molar refractivity (Wildman–Crippen MR) is 75.0 cm³/mol. The van der Waals surface area contributed by atoms with E-state index in [0.717, 1.165) is 16.8 Å². The van der Waals surface area contributed by atoms with Gasteiger partial charge in [0.2, 0.25) is 5.91 Å². The topological polar surface area (TPSA) is 68.7 Å². The van der Waals surface area contributed by atoms with E-state index in [1.54, 1.807) is 0 Å². The van der Waals surface area contributed by atoms with Crippen LogP contribution in [0.2, 0.25) is 0 Å². The molecule has 19 heavy (non-hydrogen) atoms. The third-order valence-corrected chi connectivity index (χ3v) is 2.99. The van der Waals surface area contributed by atoms with Crippen LogP contribution in [-0.2, 0) is 4.79 Å². The fourth-order valence-corrected chi connectivity index (χ4v) is 2.04. The minimum absolute atomic E-state index is 0.149. The van der Waals surface area contributed by atoms with Gasteiger partial charge in [0.05, 0.1) is 0 Å². The van der Waals surface area contributed by atoms with E-state index in [0.29, 0.717) is 11.4 Å². The van der Waals surface area contributed by atoms with E-state index in [-0.39, 0.29) is 11.8 Å². The van der Waals surface area contributed by atoms with E-state index >= 15 is 0 Å². The highest BCUT2D eigenvalue weighted by Gasteiger charge is 2.17. The average molecular weight is 274 g/mol. The number of aromatic amines is 1. The van der Waals surface area contributed by atoms with Crippen molar-refractivity contribution in [1.82, 2.24) is 4.98 Å². The number of H-pyrrole nitrogens is 1. The van der Waals surface area contributed by atoms with Crippen LogP contribution in [0.4, 0.5) is 5.82 Å². The number of carbonyl (C=O) groups excluding carboxylic acids is 1. The number of alkyl halides is 1. The van der Waals surface area contributed by atoms with Crippen molar-refractivity contribution in [3.63, 3.8) is 0 Å². The second kappa shape index (κ2) is 5.59. The van der Waals surface area contributed by atoms with E-state index in [1.165, 1.54) is 0 Å². The number of nitrogens with one attached hydrogen (secondary N) is 2. The number of amides is 1. The molecule has 0 saturated heterocycles. The summed E-state index contributed by atoms with van der Waals surface area (Å²) in [4.78, 5) is 14.3. The third-order valence-electron chi connectivity index (χ3n) is 2.75. The normalized spacial score (nSPS) is 9.95. The standard InChI is InChI=1S/C14H12ClN3O/c1-9-13(10-5-3-2-4-6-10)11(8-16)14(17-9)18-12(19)7-15/h2-6,17H,7H2,1H3,(H,18,19). The maximum Gasteiger partial charge on any atom is 0.240 e. The first-order valence-corrected chi connectivity index (χ1v) is 6.24. The van der Waals surface area contributed by atoms with Gasteiger partial charge in [-0.3, -0.25) is 4.79 Å². The Kier molecular flexibility index (Phi) is 3.88. The van der Waals surface area contributed by atoms with Crippen molar-refractivity contribution >= 4 is 23.3 Å². The second-order valence-electron chi connectivity index (χ2n) is 4.03. The highest BCUT2D eigenvalue weighted by molar-refractivity contribution is 6.29. The first kappa shape index (κ1) is 13.2. The molecule has 4 nitrogen and oxygen atoms in total. The van der Waals surface area contributed by atoms with Gasteiger partial charge in [-0.15, -0.1) is 11.6 Å². The lowest BCUT2D eigenvalue weighted by Gasteiger charge is -2.02. The quantitative estimate of drug-likeness (QED) is 0.844. The number of aromatic nitrogens is 1. The zero-order chi connectivity index (χ0) is 13.8. The van der Waals surface area contributed by atoms with E-state index < -0.39 is 0 Å². The van der Waals surface area contributed by atoms with Crippen LogP contribution in [0.5, 0.6) is 0 Å². The number of carbonyl (C=O) groups is 1. The summed E-state index contributed by atoms with van der Waals surface area (Å²) in [5, 5.41) is 11.9. The van der Waals surface area contributed by atoms with Gasteiger partial charge in [0.15, 0.2) is 0 Å². The Hall–Kier alpha value is -2.25. The highest BCUT2D eigenvalue weighted by Crippen LogP contribution is 2.32. The number of nitriles is 1. The highest BCUT2D eigenvalue weighted by atomic mass is 35.5. The van der Waals surface area contributed by atoms with E-state index in [4.69, 9.17) is 11.6 Å². The molecule has 1 aromatic carbocycles. The molecule has 96 valence electrons. The van der Waals surface area contributed by atoms with E-state index in [9.17, 15) is 10.1 Å². The Labute approximate surface area is 116 Å². The molecule has 0 aliphatic carbocycles. The lowest BCUT2D eigenvalue weighted by molar-refractivity contribution is -0.113. The third kappa shape index (κ3) is 2.61. The summed E-state index contributed by atoms with van der Waals surface area (Å²) in [5.74, 6) is -0.104. The van der Waals surface area contributed by atoms with Gasteiger partial charge in [0, 0.05) is 11.3 Å². The minimum atomic E-state index is -0.348. The van der Waals surface area contributed by atoms with Gasteiger partial charge in [0.1, 0.15) is 23.3 Å². The fraction of sp³-hybridized carbons (Fsp3) is 0.143. The summed E-state index contributed by atoms with van der Waals surface area (Å²) in [6, 6.07) is 11.7. The molecule has 0 saturated carbocycles. The molecule has 1 aromatic heterocycles. The maximum atomic E-state index is 11.3. The molecule has 0 bridgehead atoms. The van der Waals surface area contributed by atoms with Crippen LogP contribution in [-0.4, -0.2) is 16.8 Å². The van der Waals surface area contributed by atoms with Gasteiger partial charge in [0.25, 0.3) is 0 Å². The van der Waals surface area contributed by atoms with Crippen LogP contribution >= 0.6 is 11.6 Å². The molecular weight excluding hydrogens is 262 g/mol. The Bertz CT molecular complexity index is 641. The predicted octanol–water partition coefficient (Wildman–Crippen LogP) is 3.04. The van der Waals surface area contributed by atoms with Crippen LogP contribution in [0.25, 0.3) is 11.1 Å². The molecule has 2 aromatic rings. The van der Waals surface area contributed by atoms with Crippen LogP contribution in [0.3, 0.4) is 0 Å². The molecule has 0 spiro atoms. The number of hydrogen-bond acceptors (Lipinski definition) is 2. The molecule has 1 heterocycles. The van der Waals surface area contributed by atoms with Crippen molar-refractivity contribution in [2.24, 2.45) is 0 Å². The smallest absolute Gasteiger partial charge is 0.240 e. The van der Waals surface area contributed by atoms with E-state index in [1.807, 2.05) is 37.3 Å². The summed E-state index contributed by atoms with van der Waals surface area (Å²) in [5.41, 5.74) is 2.97. The van der Waals surface area contributed by atoms with Crippen LogP contribution in [0.15, 0.2) is 30.3 Å². The Morgan fingerprint density at radius 2 is 2.11 bits per heavy atom. The van der Waals surface area contributed by atoms with Crippen molar-refractivity contribution in [3.05, 3.63) is 41.6 Å². The van der Waals surface area contributed by atoms with Crippen molar-refractivity contribution in [2.75, 3.05) is 11.2 Å². The van der Waals surface area contributed by atoms with Gasteiger partial charge in [-0.25, -0.2) is 0 Å². The molecule has 0 fully saturated rings. The largest absolute Gasteiger partial charge is 0.344 e. The monoisotopic (exact) mass is 273 g/mol. The van der Waals surface area contributed by atoms with Gasteiger partial charge in [-0.1, -0.05) is 30.3 Å². The van der Waals surface area contributed by atoms with Gasteiger partial charge >= 0.3 is 0 Å². The molecule has 2 N–H and O–H groups in total. The van der Waals surface area contributed by atoms with E-state index in [2.05, 4.69) is 16.4 Å². The molecular formula is C14H12ClN3O. The maximum absolute atomic E-state index is 11.3. The number of hydrogen-bond donors (Lipinski definition) is 2. The Morgan fingerprint density at radius 1 is 1.42 bits per heavy atom. The number of nitrogens with zero attached hydrogens (tertiary/aromatic N) is 1.